The zero-order chi connectivity index (χ0) is 18.2. The van der Waals surface area contributed by atoms with Crippen molar-refractivity contribution in [1.82, 2.24) is 4.98 Å². The lowest BCUT2D eigenvalue weighted by Crippen LogP contribution is -2.29. The first kappa shape index (κ1) is 18.3. The van der Waals surface area contributed by atoms with Gasteiger partial charge in [-0.3, -0.25) is 9.59 Å². The predicted octanol–water partition coefficient (Wildman–Crippen LogP) is 2.76. The minimum atomic E-state index is -0.801. The second kappa shape index (κ2) is 8.68. The van der Waals surface area contributed by atoms with Gasteiger partial charge in [0.1, 0.15) is 5.82 Å². The highest BCUT2D eigenvalue weighted by atomic mass is 16.5. The normalized spacial score (nSPS) is 10.0. The molecule has 0 radical (unpaired) electrons. The number of aromatic nitrogens is 1. The molecule has 0 atom stereocenters. The number of carbonyl (C=O) groups excluding carboxylic acids is 2. The molecular weight excluding hydrogens is 322 g/mol. The molecule has 0 bridgehead atoms. The summed E-state index contributed by atoms with van der Waals surface area (Å²) >= 11 is 0. The van der Waals surface area contributed by atoms with Crippen molar-refractivity contribution in [2.45, 2.75) is 20.8 Å². The molecular formula is C18H21N3O4. The monoisotopic (exact) mass is 343 g/mol. The first-order valence-corrected chi connectivity index (χ1v) is 7.99. The molecule has 25 heavy (non-hydrogen) atoms. The van der Waals surface area contributed by atoms with Crippen molar-refractivity contribution >= 4 is 23.3 Å². The lowest BCUT2D eigenvalue weighted by atomic mass is 10.2. The first-order chi connectivity index (χ1) is 12.0. The number of nitrogens with one attached hydrogen (secondary N) is 2. The molecule has 1 aromatic carbocycles. The van der Waals surface area contributed by atoms with Crippen LogP contribution in [0.3, 0.4) is 0 Å². The Bertz CT molecular complexity index is 762. The highest BCUT2D eigenvalue weighted by molar-refractivity contribution is 6.43. The summed E-state index contributed by atoms with van der Waals surface area (Å²) in [5.41, 5.74) is 1.18. The van der Waals surface area contributed by atoms with Crippen molar-refractivity contribution in [3.8, 4) is 11.5 Å². The number of anilines is 2. The lowest BCUT2D eigenvalue weighted by Gasteiger charge is -2.13. The van der Waals surface area contributed by atoms with E-state index in [1.54, 1.807) is 43.3 Å². The van der Waals surface area contributed by atoms with Gasteiger partial charge in [0.25, 0.3) is 0 Å². The van der Waals surface area contributed by atoms with Gasteiger partial charge in [-0.2, -0.15) is 0 Å². The fraction of sp³-hybridized carbons (Fsp3) is 0.278. The van der Waals surface area contributed by atoms with E-state index in [0.29, 0.717) is 36.2 Å². The van der Waals surface area contributed by atoms with E-state index in [4.69, 9.17) is 9.47 Å². The SMILES string of the molecule is CCOc1ccc(NC(=O)C(=O)Nc2cccc(C)n2)cc1OCC. The Morgan fingerprint density at radius 1 is 0.960 bits per heavy atom. The molecule has 0 spiro atoms. The fourth-order valence-electron chi connectivity index (χ4n) is 2.10. The minimum Gasteiger partial charge on any atom is -0.490 e. The third-order valence-electron chi connectivity index (χ3n) is 3.14. The molecule has 2 amide bonds. The number of benzene rings is 1. The number of amides is 2. The summed E-state index contributed by atoms with van der Waals surface area (Å²) < 4.78 is 11.0. The van der Waals surface area contributed by atoms with Crippen LogP contribution in [-0.4, -0.2) is 30.0 Å². The fourth-order valence-corrected chi connectivity index (χ4v) is 2.10. The summed E-state index contributed by atoms with van der Waals surface area (Å²) in [5.74, 6) is -0.194. The molecule has 2 N–H and O–H groups in total. The van der Waals surface area contributed by atoms with Crippen LogP contribution >= 0.6 is 0 Å². The summed E-state index contributed by atoms with van der Waals surface area (Å²) in [6, 6.07) is 10.1. The molecule has 0 unspecified atom stereocenters. The smallest absolute Gasteiger partial charge is 0.315 e. The predicted molar refractivity (Wildman–Crippen MR) is 95.0 cm³/mol. The number of hydrogen-bond acceptors (Lipinski definition) is 5. The second-order valence-corrected chi connectivity index (χ2v) is 5.10. The van der Waals surface area contributed by atoms with Crippen LogP contribution in [0.2, 0.25) is 0 Å². The van der Waals surface area contributed by atoms with Gasteiger partial charge in [0, 0.05) is 17.4 Å². The maximum atomic E-state index is 12.1. The summed E-state index contributed by atoms with van der Waals surface area (Å²) in [7, 11) is 0. The number of hydrogen-bond donors (Lipinski definition) is 2. The summed E-state index contributed by atoms with van der Waals surface area (Å²) in [4.78, 5) is 28.2. The van der Waals surface area contributed by atoms with Gasteiger partial charge in [-0.15, -0.1) is 0 Å². The molecule has 0 aliphatic rings. The second-order valence-electron chi connectivity index (χ2n) is 5.10. The third-order valence-corrected chi connectivity index (χ3v) is 3.14. The van der Waals surface area contributed by atoms with Crippen molar-refractivity contribution in [3.63, 3.8) is 0 Å². The average molecular weight is 343 g/mol. The summed E-state index contributed by atoms with van der Waals surface area (Å²) in [5, 5.41) is 4.99. The Labute approximate surface area is 146 Å². The van der Waals surface area contributed by atoms with Crippen molar-refractivity contribution in [3.05, 3.63) is 42.1 Å². The van der Waals surface area contributed by atoms with Gasteiger partial charge >= 0.3 is 11.8 Å². The van der Waals surface area contributed by atoms with Crippen LogP contribution in [-0.2, 0) is 9.59 Å². The van der Waals surface area contributed by atoms with Gasteiger partial charge in [0.15, 0.2) is 11.5 Å². The third kappa shape index (κ3) is 5.20. The maximum Gasteiger partial charge on any atom is 0.315 e. The van der Waals surface area contributed by atoms with Crippen molar-refractivity contribution in [1.29, 1.82) is 0 Å². The van der Waals surface area contributed by atoms with Crippen LogP contribution in [0, 0.1) is 6.92 Å². The largest absolute Gasteiger partial charge is 0.490 e. The van der Waals surface area contributed by atoms with E-state index in [-0.39, 0.29) is 0 Å². The lowest BCUT2D eigenvalue weighted by molar-refractivity contribution is -0.133. The van der Waals surface area contributed by atoms with Crippen LogP contribution in [0.4, 0.5) is 11.5 Å². The Kier molecular flexibility index (Phi) is 6.33. The minimum absolute atomic E-state index is 0.321. The van der Waals surface area contributed by atoms with Crippen LogP contribution in [0.1, 0.15) is 19.5 Å². The van der Waals surface area contributed by atoms with Crippen LogP contribution < -0.4 is 20.1 Å². The highest BCUT2D eigenvalue weighted by Gasteiger charge is 2.16. The van der Waals surface area contributed by atoms with Gasteiger partial charge < -0.3 is 20.1 Å². The number of pyridine rings is 1. The molecule has 2 rings (SSSR count). The average Bonchev–Trinajstić information content (AvgIpc) is 2.57. The highest BCUT2D eigenvalue weighted by Crippen LogP contribution is 2.30. The molecule has 7 nitrogen and oxygen atoms in total. The Morgan fingerprint density at radius 2 is 1.64 bits per heavy atom. The van der Waals surface area contributed by atoms with Gasteiger partial charge in [-0.1, -0.05) is 6.07 Å². The molecule has 0 aliphatic carbocycles. The molecule has 132 valence electrons. The van der Waals surface area contributed by atoms with E-state index >= 15 is 0 Å². The molecule has 1 aromatic heterocycles. The quantitative estimate of drug-likeness (QED) is 0.787. The van der Waals surface area contributed by atoms with Gasteiger partial charge in [-0.05, 0) is 45.0 Å². The summed E-state index contributed by atoms with van der Waals surface area (Å²) in [6.07, 6.45) is 0. The Balaban J connectivity index is 2.06. The number of rotatable bonds is 6. The molecule has 0 fully saturated rings. The van der Waals surface area contributed by atoms with Crippen LogP contribution in [0.15, 0.2) is 36.4 Å². The van der Waals surface area contributed by atoms with Crippen LogP contribution in [0.25, 0.3) is 0 Å². The number of carbonyl (C=O) groups is 2. The van der Waals surface area contributed by atoms with E-state index in [0.717, 1.165) is 5.69 Å². The zero-order valence-corrected chi connectivity index (χ0v) is 14.5. The molecule has 0 aliphatic heterocycles. The van der Waals surface area contributed by atoms with Crippen LogP contribution in [0.5, 0.6) is 11.5 Å². The van der Waals surface area contributed by atoms with Crippen molar-refractivity contribution in [2.24, 2.45) is 0 Å². The van der Waals surface area contributed by atoms with Crippen molar-refractivity contribution in [2.75, 3.05) is 23.8 Å². The van der Waals surface area contributed by atoms with E-state index in [9.17, 15) is 9.59 Å². The summed E-state index contributed by atoms with van der Waals surface area (Å²) in [6.45, 7) is 6.47. The Morgan fingerprint density at radius 3 is 2.32 bits per heavy atom. The van der Waals surface area contributed by atoms with E-state index in [1.807, 2.05) is 13.8 Å². The van der Waals surface area contributed by atoms with E-state index < -0.39 is 11.8 Å². The zero-order valence-electron chi connectivity index (χ0n) is 14.5. The topological polar surface area (TPSA) is 89.5 Å². The molecule has 7 heteroatoms. The Hall–Kier alpha value is -3.09. The molecule has 2 aromatic rings. The standard InChI is InChI=1S/C18H21N3O4/c1-4-24-14-10-9-13(11-15(14)25-5-2)20-17(22)18(23)21-16-8-6-7-12(3)19-16/h6-11H,4-5H2,1-3H3,(H,20,22)(H,19,21,23). The number of nitrogens with zero attached hydrogens (tertiary/aromatic N) is 1. The van der Waals surface area contributed by atoms with Gasteiger partial charge in [-0.25, -0.2) is 4.98 Å². The van der Waals surface area contributed by atoms with Gasteiger partial charge in [0.05, 0.1) is 13.2 Å². The molecule has 1 heterocycles. The van der Waals surface area contributed by atoms with E-state index in [2.05, 4.69) is 15.6 Å². The molecule has 0 saturated carbocycles. The van der Waals surface area contributed by atoms with Crippen molar-refractivity contribution < 1.29 is 19.1 Å². The maximum absolute atomic E-state index is 12.1. The number of ether oxygens (including phenoxy) is 2. The molecule has 0 saturated heterocycles. The van der Waals surface area contributed by atoms with Gasteiger partial charge in [0.2, 0.25) is 0 Å². The van der Waals surface area contributed by atoms with E-state index in [1.165, 1.54) is 0 Å². The number of aryl methyl sites for hydroxylation is 1. The first-order valence-electron chi connectivity index (χ1n) is 7.99.